The Morgan fingerprint density at radius 2 is 1.95 bits per heavy atom. The van der Waals surface area contributed by atoms with Crippen molar-refractivity contribution in [2.75, 3.05) is 6.54 Å². The maximum absolute atomic E-state index is 13.3. The number of Topliss-reactive ketones (excluding diaryl/α,β-unsaturated/α-hetero) is 1. The average molecular weight is 288 g/mol. The van der Waals surface area contributed by atoms with Crippen LogP contribution in [0.3, 0.4) is 0 Å². The molecule has 0 spiro atoms. The third-order valence-electron chi connectivity index (χ3n) is 2.57. The van der Waals surface area contributed by atoms with Gasteiger partial charge in [-0.25, -0.2) is 4.39 Å². The molecule has 0 aromatic heterocycles. The van der Waals surface area contributed by atoms with Crippen molar-refractivity contribution >= 4 is 17.4 Å². The number of rotatable bonds is 5. The molecule has 4 heteroatoms. The Morgan fingerprint density at radius 1 is 1.37 bits per heavy atom. The Hall–Kier alpha value is -0.930. The van der Waals surface area contributed by atoms with Crippen molar-refractivity contribution in [3.05, 3.63) is 34.6 Å². The van der Waals surface area contributed by atoms with Crippen LogP contribution in [0.25, 0.3) is 0 Å². The summed E-state index contributed by atoms with van der Waals surface area (Å²) in [5.41, 5.74) is 0.660. The summed E-state index contributed by atoms with van der Waals surface area (Å²) >= 11 is 5.62. The van der Waals surface area contributed by atoms with Crippen LogP contribution < -0.4 is 5.32 Å². The zero-order valence-corrected chi connectivity index (χ0v) is 13.0. The minimum absolute atomic E-state index is 0.0138. The molecular weight excluding hydrogens is 265 g/mol. The maximum Gasteiger partial charge on any atom is 0.142 e. The van der Waals surface area contributed by atoms with Crippen molar-refractivity contribution in [3.8, 4) is 0 Å². The highest BCUT2D eigenvalue weighted by Gasteiger charge is 2.18. The predicted octanol–water partition coefficient (Wildman–Crippen LogP) is 4.18. The second-order valence-electron chi connectivity index (χ2n) is 4.40. The molecule has 1 unspecified atom stereocenters. The van der Waals surface area contributed by atoms with E-state index in [0.717, 1.165) is 0 Å². The summed E-state index contributed by atoms with van der Waals surface area (Å²) in [4.78, 5) is 11.6. The number of hydrogen-bond acceptors (Lipinski definition) is 2. The molecule has 1 aromatic rings. The second kappa shape index (κ2) is 9.05. The summed E-state index contributed by atoms with van der Waals surface area (Å²) in [6.07, 6.45) is 0. The van der Waals surface area contributed by atoms with Crippen molar-refractivity contribution < 1.29 is 9.18 Å². The van der Waals surface area contributed by atoms with Gasteiger partial charge >= 0.3 is 0 Å². The van der Waals surface area contributed by atoms with Gasteiger partial charge in [-0.15, -0.1) is 0 Å². The lowest BCUT2D eigenvalue weighted by Crippen LogP contribution is -2.30. The largest absolute Gasteiger partial charge is 0.313 e. The standard InChI is InChI=1S/C13H17ClFNO.C2H6/c1-8(2)16-7-11(9(3)17)10-4-5-12(14)13(15)6-10;1-2/h4-6,8,11,16H,7H2,1-3H3;1-2H3. The number of carbonyl (C=O) groups is 1. The first-order valence-corrected chi connectivity index (χ1v) is 6.98. The molecule has 0 radical (unpaired) electrons. The summed E-state index contributed by atoms with van der Waals surface area (Å²) in [7, 11) is 0. The van der Waals surface area contributed by atoms with Gasteiger partial charge in [-0.2, -0.15) is 0 Å². The van der Waals surface area contributed by atoms with E-state index in [1.165, 1.54) is 19.1 Å². The molecule has 0 amide bonds. The lowest BCUT2D eigenvalue weighted by atomic mass is 9.95. The fourth-order valence-electron chi connectivity index (χ4n) is 1.58. The Balaban J connectivity index is 0.00000154. The molecule has 1 atom stereocenters. The summed E-state index contributed by atoms with van der Waals surface area (Å²) in [5.74, 6) is -0.802. The van der Waals surface area contributed by atoms with Gasteiger partial charge in [0.25, 0.3) is 0 Å². The van der Waals surface area contributed by atoms with Crippen molar-refractivity contribution in [2.24, 2.45) is 0 Å². The number of benzene rings is 1. The van der Waals surface area contributed by atoms with Gasteiger partial charge in [-0.1, -0.05) is 45.4 Å². The smallest absolute Gasteiger partial charge is 0.142 e. The molecule has 108 valence electrons. The van der Waals surface area contributed by atoms with E-state index in [1.54, 1.807) is 6.07 Å². The van der Waals surface area contributed by atoms with Crippen molar-refractivity contribution in [1.29, 1.82) is 0 Å². The molecule has 1 N–H and O–H groups in total. The minimum Gasteiger partial charge on any atom is -0.313 e. The molecule has 0 aliphatic carbocycles. The summed E-state index contributed by atoms with van der Waals surface area (Å²) in [6.45, 7) is 10.0. The Bertz CT molecular complexity index is 407. The monoisotopic (exact) mass is 287 g/mol. The van der Waals surface area contributed by atoms with E-state index in [1.807, 2.05) is 27.7 Å². The van der Waals surface area contributed by atoms with Gasteiger partial charge in [-0.3, -0.25) is 4.79 Å². The molecule has 0 saturated heterocycles. The van der Waals surface area contributed by atoms with Crippen LogP contribution in [-0.4, -0.2) is 18.4 Å². The number of carbonyl (C=O) groups excluding carboxylic acids is 1. The lowest BCUT2D eigenvalue weighted by Gasteiger charge is -2.17. The van der Waals surface area contributed by atoms with Crippen LogP contribution in [0.4, 0.5) is 4.39 Å². The minimum atomic E-state index is -0.486. The van der Waals surface area contributed by atoms with Gasteiger partial charge in [0.1, 0.15) is 11.6 Å². The molecule has 1 rings (SSSR count). The van der Waals surface area contributed by atoms with Crippen LogP contribution in [0.1, 0.15) is 46.1 Å². The maximum atomic E-state index is 13.3. The van der Waals surface area contributed by atoms with Crippen LogP contribution in [0.5, 0.6) is 0 Å². The molecule has 2 nitrogen and oxygen atoms in total. The highest BCUT2D eigenvalue weighted by Crippen LogP contribution is 2.22. The molecule has 0 aliphatic rings. The SMILES string of the molecule is CC.CC(=O)C(CNC(C)C)c1ccc(Cl)c(F)c1. The fraction of sp³-hybridized carbons (Fsp3) is 0.533. The normalized spacial score (nSPS) is 11.8. The molecule has 0 bridgehead atoms. The van der Waals surface area contributed by atoms with Crippen LogP contribution in [0.2, 0.25) is 5.02 Å². The second-order valence-corrected chi connectivity index (χ2v) is 4.81. The van der Waals surface area contributed by atoms with E-state index in [9.17, 15) is 9.18 Å². The van der Waals surface area contributed by atoms with E-state index in [-0.39, 0.29) is 22.8 Å². The summed E-state index contributed by atoms with van der Waals surface area (Å²) in [6, 6.07) is 4.79. The van der Waals surface area contributed by atoms with Gasteiger partial charge in [0.05, 0.1) is 10.9 Å². The molecule has 0 aliphatic heterocycles. The zero-order valence-electron chi connectivity index (χ0n) is 12.3. The van der Waals surface area contributed by atoms with Gasteiger partial charge in [-0.05, 0) is 24.6 Å². The predicted molar refractivity (Wildman–Crippen MR) is 79.3 cm³/mol. The highest BCUT2D eigenvalue weighted by molar-refractivity contribution is 6.30. The van der Waals surface area contributed by atoms with Gasteiger partial charge in [0, 0.05) is 12.6 Å². The first-order chi connectivity index (χ1) is 8.91. The first kappa shape index (κ1) is 18.1. The van der Waals surface area contributed by atoms with Crippen molar-refractivity contribution in [3.63, 3.8) is 0 Å². The Labute approximate surface area is 120 Å². The highest BCUT2D eigenvalue weighted by atomic mass is 35.5. The third kappa shape index (κ3) is 6.17. The van der Waals surface area contributed by atoms with E-state index in [4.69, 9.17) is 11.6 Å². The van der Waals surface area contributed by atoms with Gasteiger partial charge < -0.3 is 5.32 Å². The Kier molecular flexibility index (Phi) is 8.61. The van der Waals surface area contributed by atoms with Crippen LogP contribution >= 0.6 is 11.6 Å². The number of hydrogen-bond donors (Lipinski definition) is 1. The van der Waals surface area contributed by atoms with Crippen molar-refractivity contribution in [1.82, 2.24) is 5.32 Å². The van der Waals surface area contributed by atoms with Gasteiger partial charge in [0.15, 0.2) is 0 Å². The summed E-state index contributed by atoms with van der Waals surface area (Å²) in [5, 5.41) is 3.26. The van der Waals surface area contributed by atoms with Crippen molar-refractivity contribution in [2.45, 2.75) is 46.6 Å². The first-order valence-electron chi connectivity index (χ1n) is 6.60. The lowest BCUT2D eigenvalue weighted by molar-refractivity contribution is -0.118. The average Bonchev–Trinajstić information content (AvgIpc) is 2.35. The quantitative estimate of drug-likeness (QED) is 0.880. The van der Waals surface area contributed by atoms with Crippen LogP contribution in [-0.2, 0) is 4.79 Å². The topological polar surface area (TPSA) is 29.1 Å². The fourth-order valence-corrected chi connectivity index (χ4v) is 1.70. The molecule has 0 fully saturated rings. The van der Waals surface area contributed by atoms with E-state index >= 15 is 0 Å². The van der Waals surface area contributed by atoms with E-state index < -0.39 is 5.82 Å². The van der Waals surface area contributed by atoms with E-state index in [0.29, 0.717) is 12.1 Å². The number of halogens is 2. The molecular formula is C15H23ClFNO. The van der Waals surface area contributed by atoms with Crippen LogP contribution in [0.15, 0.2) is 18.2 Å². The molecule has 19 heavy (non-hydrogen) atoms. The third-order valence-corrected chi connectivity index (χ3v) is 2.87. The Morgan fingerprint density at radius 3 is 2.37 bits per heavy atom. The van der Waals surface area contributed by atoms with E-state index in [2.05, 4.69) is 5.32 Å². The molecule has 0 saturated carbocycles. The van der Waals surface area contributed by atoms with Gasteiger partial charge in [0.2, 0.25) is 0 Å². The number of ketones is 1. The van der Waals surface area contributed by atoms with Crippen LogP contribution in [0, 0.1) is 5.82 Å². The summed E-state index contributed by atoms with van der Waals surface area (Å²) < 4.78 is 13.3. The number of nitrogens with one attached hydrogen (secondary N) is 1. The molecule has 1 aromatic carbocycles. The molecule has 0 heterocycles. The zero-order chi connectivity index (χ0) is 15.0.